The molecule has 1 aromatic rings. The first kappa shape index (κ1) is 13.9. The Labute approximate surface area is 120 Å². The second-order valence-corrected chi connectivity index (χ2v) is 6.52. The number of piperidine rings is 1. The Kier molecular flexibility index (Phi) is 4.37. The molecule has 2 heteroatoms. The lowest BCUT2D eigenvalue weighted by Gasteiger charge is -2.43. The summed E-state index contributed by atoms with van der Waals surface area (Å²) in [6, 6.07) is 7.54. The van der Waals surface area contributed by atoms with Crippen LogP contribution in [-0.4, -0.2) is 12.6 Å². The number of aryl methyl sites for hydroxylation is 1. The van der Waals surface area contributed by atoms with Gasteiger partial charge in [0.25, 0.3) is 0 Å². The lowest BCUT2D eigenvalue weighted by molar-refractivity contribution is 0.297. The molecule has 1 aromatic carbocycles. The van der Waals surface area contributed by atoms with E-state index in [1.54, 1.807) is 0 Å². The normalized spacial score (nSPS) is 28.5. The van der Waals surface area contributed by atoms with Gasteiger partial charge in [0.1, 0.15) is 0 Å². The van der Waals surface area contributed by atoms with Crippen LogP contribution >= 0.6 is 15.9 Å². The van der Waals surface area contributed by atoms with Crippen molar-refractivity contribution in [1.29, 1.82) is 0 Å². The van der Waals surface area contributed by atoms with E-state index in [2.05, 4.69) is 66.7 Å². The van der Waals surface area contributed by atoms with Crippen molar-refractivity contribution < 1.29 is 0 Å². The van der Waals surface area contributed by atoms with E-state index in [0.29, 0.717) is 6.04 Å². The Morgan fingerprint density at radius 1 is 1.28 bits per heavy atom. The average Bonchev–Trinajstić information content (AvgIpc) is 2.33. The highest BCUT2D eigenvalue weighted by molar-refractivity contribution is 9.08. The van der Waals surface area contributed by atoms with E-state index in [4.69, 9.17) is 0 Å². The van der Waals surface area contributed by atoms with Gasteiger partial charge in [-0.3, -0.25) is 0 Å². The van der Waals surface area contributed by atoms with Crippen molar-refractivity contribution in [2.24, 2.45) is 11.8 Å². The molecule has 18 heavy (non-hydrogen) atoms. The molecule has 0 aliphatic carbocycles. The SMILES string of the molecule is Cc1cc(N2CC(C)CC(C)C2C)ccc1CBr. The minimum absolute atomic E-state index is 0.649. The second-order valence-electron chi connectivity index (χ2n) is 5.96. The summed E-state index contributed by atoms with van der Waals surface area (Å²) in [6.07, 6.45) is 1.36. The van der Waals surface area contributed by atoms with Gasteiger partial charge in [0, 0.05) is 23.6 Å². The van der Waals surface area contributed by atoms with Crippen LogP contribution in [0.3, 0.4) is 0 Å². The number of nitrogens with zero attached hydrogens (tertiary/aromatic N) is 1. The first-order valence-electron chi connectivity index (χ1n) is 6.95. The third-order valence-corrected chi connectivity index (χ3v) is 5.00. The van der Waals surface area contributed by atoms with E-state index in [0.717, 1.165) is 17.2 Å². The van der Waals surface area contributed by atoms with Gasteiger partial charge in [-0.05, 0) is 55.4 Å². The first-order valence-corrected chi connectivity index (χ1v) is 8.07. The predicted octanol–water partition coefficient (Wildman–Crippen LogP) is 4.76. The fraction of sp³-hybridized carbons (Fsp3) is 0.625. The van der Waals surface area contributed by atoms with Crippen LogP contribution < -0.4 is 4.90 Å². The molecular formula is C16H24BrN. The van der Waals surface area contributed by atoms with Crippen LogP contribution in [0.25, 0.3) is 0 Å². The van der Waals surface area contributed by atoms with Gasteiger partial charge in [-0.1, -0.05) is 35.8 Å². The van der Waals surface area contributed by atoms with Crippen molar-refractivity contribution in [1.82, 2.24) is 0 Å². The minimum atomic E-state index is 0.649. The molecule has 0 bridgehead atoms. The minimum Gasteiger partial charge on any atom is -0.368 e. The summed E-state index contributed by atoms with van der Waals surface area (Å²) in [4.78, 5) is 2.59. The summed E-state index contributed by atoms with van der Waals surface area (Å²) in [7, 11) is 0. The van der Waals surface area contributed by atoms with E-state index in [1.807, 2.05) is 0 Å². The monoisotopic (exact) mass is 309 g/mol. The summed E-state index contributed by atoms with van der Waals surface area (Å²) in [5, 5.41) is 0.946. The van der Waals surface area contributed by atoms with Crippen molar-refractivity contribution in [3.63, 3.8) is 0 Å². The Balaban J connectivity index is 2.27. The molecule has 0 spiro atoms. The zero-order valence-electron chi connectivity index (χ0n) is 11.9. The van der Waals surface area contributed by atoms with E-state index in [1.165, 1.54) is 29.8 Å². The standard InChI is InChI=1S/C16H24BrN/c1-11-7-12(2)14(4)18(10-11)16-6-5-15(9-17)13(3)8-16/h5-6,8,11-12,14H,7,9-10H2,1-4H3. The predicted molar refractivity (Wildman–Crippen MR) is 83.6 cm³/mol. The fourth-order valence-electron chi connectivity index (χ4n) is 3.06. The van der Waals surface area contributed by atoms with Crippen LogP contribution in [0.2, 0.25) is 0 Å². The molecule has 3 unspecified atom stereocenters. The van der Waals surface area contributed by atoms with Gasteiger partial charge in [0.2, 0.25) is 0 Å². The molecule has 0 N–H and O–H groups in total. The Morgan fingerprint density at radius 3 is 2.61 bits per heavy atom. The number of hydrogen-bond acceptors (Lipinski definition) is 1. The van der Waals surface area contributed by atoms with Crippen molar-refractivity contribution >= 4 is 21.6 Å². The molecule has 1 fully saturated rings. The van der Waals surface area contributed by atoms with Crippen LogP contribution in [0, 0.1) is 18.8 Å². The van der Waals surface area contributed by atoms with Gasteiger partial charge in [0.15, 0.2) is 0 Å². The smallest absolute Gasteiger partial charge is 0.0371 e. The first-order chi connectivity index (χ1) is 8.52. The van der Waals surface area contributed by atoms with E-state index >= 15 is 0 Å². The number of anilines is 1. The average molecular weight is 310 g/mol. The topological polar surface area (TPSA) is 3.24 Å². The van der Waals surface area contributed by atoms with Gasteiger partial charge in [-0.15, -0.1) is 0 Å². The molecule has 0 aromatic heterocycles. The summed E-state index contributed by atoms with van der Waals surface area (Å²) in [6.45, 7) is 10.5. The van der Waals surface area contributed by atoms with Crippen LogP contribution in [0.1, 0.15) is 38.3 Å². The van der Waals surface area contributed by atoms with Gasteiger partial charge < -0.3 is 4.90 Å². The third-order valence-electron chi connectivity index (χ3n) is 4.40. The molecule has 0 saturated carbocycles. The van der Waals surface area contributed by atoms with Crippen molar-refractivity contribution in [3.05, 3.63) is 29.3 Å². The highest BCUT2D eigenvalue weighted by Crippen LogP contribution is 2.32. The Hall–Kier alpha value is -0.500. The molecule has 1 nitrogen and oxygen atoms in total. The molecule has 1 aliphatic heterocycles. The number of benzene rings is 1. The maximum Gasteiger partial charge on any atom is 0.0371 e. The second kappa shape index (κ2) is 5.64. The largest absolute Gasteiger partial charge is 0.368 e. The van der Waals surface area contributed by atoms with Gasteiger partial charge in [-0.25, -0.2) is 0 Å². The zero-order chi connectivity index (χ0) is 13.3. The Morgan fingerprint density at radius 2 is 2.00 bits per heavy atom. The van der Waals surface area contributed by atoms with E-state index in [-0.39, 0.29) is 0 Å². The van der Waals surface area contributed by atoms with Gasteiger partial charge in [0.05, 0.1) is 0 Å². The molecule has 1 aliphatic rings. The van der Waals surface area contributed by atoms with Crippen molar-refractivity contribution in [3.8, 4) is 0 Å². The van der Waals surface area contributed by atoms with Crippen LogP contribution in [-0.2, 0) is 5.33 Å². The van der Waals surface area contributed by atoms with Crippen LogP contribution in [0.5, 0.6) is 0 Å². The van der Waals surface area contributed by atoms with Crippen molar-refractivity contribution in [2.75, 3.05) is 11.4 Å². The van der Waals surface area contributed by atoms with Crippen LogP contribution in [0.15, 0.2) is 18.2 Å². The maximum absolute atomic E-state index is 3.55. The number of halogens is 1. The summed E-state index contributed by atoms with van der Waals surface area (Å²) in [5.74, 6) is 1.58. The summed E-state index contributed by atoms with van der Waals surface area (Å²) < 4.78 is 0. The molecule has 100 valence electrons. The Bertz CT molecular complexity index is 416. The molecule has 3 atom stereocenters. The zero-order valence-corrected chi connectivity index (χ0v) is 13.5. The lowest BCUT2D eigenvalue weighted by Crippen LogP contribution is -2.45. The van der Waals surface area contributed by atoms with Crippen LogP contribution in [0.4, 0.5) is 5.69 Å². The van der Waals surface area contributed by atoms with E-state index in [9.17, 15) is 0 Å². The third kappa shape index (κ3) is 2.74. The quantitative estimate of drug-likeness (QED) is 0.712. The van der Waals surface area contributed by atoms with Gasteiger partial charge in [-0.2, -0.15) is 0 Å². The molecule has 2 rings (SSSR count). The lowest BCUT2D eigenvalue weighted by atomic mass is 9.85. The number of hydrogen-bond donors (Lipinski definition) is 0. The maximum atomic E-state index is 3.55. The highest BCUT2D eigenvalue weighted by Gasteiger charge is 2.28. The number of alkyl halides is 1. The molecule has 0 radical (unpaired) electrons. The van der Waals surface area contributed by atoms with E-state index < -0.39 is 0 Å². The highest BCUT2D eigenvalue weighted by atomic mass is 79.9. The summed E-state index contributed by atoms with van der Waals surface area (Å²) >= 11 is 3.55. The number of rotatable bonds is 2. The molecule has 1 saturated heterocycles. The molecular weight excluding hydrogens is 286 g/mol. The summed E-state index contributed by atoms with van der Waals surface area (Å²) in [5.41, 5.74) is 4.18. The fourth-order valence-corrected chi connectivity index (χ4v) is 3.69. The molecule has 1 heterocycles. The van der Waals surface area contributed by atoms with Gasteiger partial charge >= 0.3 is 0 Å². The molecule has 0 amide bonds. The van der Waals surface area contributed by atoms with Crippen molar-refractivity contribution in [2.45, 2.75) is 45.5 Å².